The molecule has 2 aromatic carbocycles. The third kappa shape index (κ3) is 4.94. The van der Waals surface area contributed by atoms with Gasteiger partial charge in [-0.2, -0.15) is 0 Å². The molecule has 6 heteroatoms. The van der Waals surface area contributed by atoms with E-state index in [0.29, 0.717) is 12.0 Å². The van der Waals surface area contributed by atoms with Gasteiger partial charge >= 0.3 is 0 Å². The number of benzene rings is 2. The van der Waals surface area contributed by atoms with Crippen LogP contribution in [-0.2, 0) is 10.0 Å². The molecule has 0 saturated heterocycles. The average Bonchev–Trinajstić information content (AvgIpc) is 2.59. The third-order valence-corrected chi connectivity index (χ3v) is 5.65. The summed E-state index contributed by atoms with van der Waals surface area (Å²) in [5.74, 6) is -0.385. The van der Waals surface area contributed by atoms with Crippen molar-refractivity contribution in [1.82, 2.24) is 4.31 Å². The van der Waals surface area contributed by atoms with Crippen LogP contribution >= 0.6 is 11.6 Å². The van der Waals surface area contributed by atoms with E-state index in [0.717, 1.165) is 5.56 Å². The largest absolute Gasteiger partial charge is 0.272 e. The Kier molecular flexibility index (Phi) is 6.39. The van der Waals surface area contributed by atoms with Crippen LogP contribution in [-0.4, -0.2) is 19.3 Å². The van der Waals surface area contributed by atoms with Gasteiger partial charge in [0.1, 0.15) is 5.82 Å². The van der Waals surface area contributed by atoms with E-state index in [1.54, 1.807) is 30.3 Å². The molecule has 3 nitrogen and oxygen atoms in total. The van der Waals surface area contributed by atoms with Gasteiger partial charge in [-0.1, -0.05) is 47.5 Å². The summed E-state index contributed by atoms with van der Waals surface area (Å²) < 4.78 is 40.0. The molecule has 0 saturated carbocycles. The Morgan fingerprint density at radius 3 is 2.32 bits per heavy atom. The van der Waals surface area contributed by atoms with Gasteiger partial charge < -0.3 is 0 Å². The van der Waals surface area contributed by atoms with Crippen LogP contribution in [0.3, 0.4) is 0 Å². The Labute approximate surface area is 153 Å². The summed E-state index contributed by atoms with van der Waals surface area (Å²) in [7, 11) is -3.75. The second kappa shape index (κ2) is 8.32. The number of hydrogen-bond donors (Lipinski definition) is 0. The normalized spacial score (nSPS) is 12.0. The Bertz CT molecular complexity index is 859. The average molecular weight is 380 g/mol. The van der Waals surface area contributed by atoms with Crippen molar-refractivity contribution < 1.29 is 12.8 Å². The highest BCUT2D eigenvalue weighted by Gasteiger charge is 2.21. The molecule has 0 aromatic heterocycles. The molecule has 0 fully saturated rings. The minimum absolute atomic E-state index is 0.182. The lowest BCUT2D eigenvalue weighted by molar-refractivity contribution is 0.503. The zero-order valence-corrected chi connectivity index (χ0v) is 15.4. The molecule has 0 N–H and O–H groups in total. The third-order valence-electron chi connectivity index (χ3n) is 3.56. The molecule has 0 spiro atoms. The maximum absolute atomic E-state index is 13.0. The first-order valence-electron chi connectivity index (χ1n) is 7.67. The predicted molar refractivity (Wildman–Crippen MR) is 100 cm³/mol. The molecule has 0 atom stereocenters. The van der Waals surface area contributed by atoms with Crippen LogP contribution in [0, 0.1) is 12.7 Å². The van der Waals surface area contributed by atoms with Crippen LogP contribution in [0.1, 0.15) is 17.5 Å². The van der Waals surface area contributed by atoms with Crippen LogP contribution in [0.15, 0.2) is 72.3 Å². The molecule has 0 amide bonds. The Hall–Kier alpha value is -2.11. The molecule has 2 rings (SSSR count). The van der Waals surface area contributed by atoms with Gasteiger partial charge in [-0.15, -0.1) is 6.58 Å². The number of hydrogen-bond acceptors (Lipinski definition) is 2. The Morgan fingerprint density at radius 1 is 1.16 bits per heavy atom. The number of aryl methyl sites for hydroxylation is 1. The number of nitrogens with zero attached hydrogens (tertiary/aromatic N) is 1. The van der Waals surface area contributed by atoms with Crippen molar-refractivity contribution in [3.8, 4) is 0 Å². The van der Waals surface area contributed by atoms with E-state index in [1.807, 2.05) is 6.92 Å². The molecular formula is C19H19ClFNO2S. The molecule has 0 bridgehead atoms. The van der Waals surface area contributed by atoms with E-state index in [9.17, 15) is 12.8 Å². The summed E-state index contributed by atoms with van der Waals surface area (Å²) in [6.45, 7) is 5.72. The molecular weight excluding hydrogens is 361 g/mol. The fraction of sp³-hybridized carbons (Fsp3) is 0.158. The minimum atomic E-state index is -3.75. The van der Waals surface area contributed by atoms with Crippen molar-refractivity contribution >= 4 is 26.7 Å². The number of rotatable bonds is 7. The first kappa shape index (κ1) is 19.2. The highest BCUT2D eigenvalue weighted by Crippen LogP contribution is 2.24. The second-order valence-corrected chi connectivity index (χ2v) is 7.79. The fourth-order valence-electron chi connectivity index (χ4n) is 2.13. The lowest BCUT2D eigenvalue weighted by atomic mass is 10.2. The van der Waals surface area contributed by atoms with Gasteiger partial charge in [0.25, 0.3) is 10.0 Å². The molecule has 25 heavy (non-hydrogen) atoms. The van der Waals surface area contributed by atoms with Crippen LogP contribution in [0.5, 0.6) is 0 Å². The zero-order chi connectivity index (χ0) is 18.4. The van der Waals surface area contributed by atoms with Crippen molar-refractivity contribution in [2.75, 3.05) is 6.54 Å². The second-order valence-electron chi connectivity index (χ2n) is 5.49. The van der Waals surface area contributed by atoms with Crippen molar-refractivity contribution in [1.29, 1.82) is 0 Å². The lowest BCUT2D eigenvalue weighted by Gasteiger charge is -2.21. The fourth-order valence-corrected chi connectivity index (χ4v) is 3.77. The van der Waals surface area contributed by atoms with E-state index in [2.05, 4.69) is 6.58 Å². The summed E-state index contributed by atoms with van der Waals surface area (Å²) in [5, 5.41) is 0.208. The summed E-state index contributed by atoms with van der Waals surface area (Å²) in [5.41, 5.74) is 1.50. The van der Waals surface area contributed by atoms with Gasteiger partial charge in [-0.05, 0) is 43.2 Å². The van der Waals surface area contributed by atoms with Gasteiger partial charge in [0, 0.05) is 12.7 Å². The standard InChI is InChI=1S/C19H19ClFNO2S/c1-3-4-13-22(14-19(20)16-7-9-17(21)10-8-16)25(23,24)18-11-5-15(2)6-12-18/h3,5-12,14H,1,4,13H2,2H3/b19-14-. The van der Waals surface area contributed by atoms with Crippen molar-refractivity contribution in [3.63, 3.8) is 0 Å². The van der Waals surface area contributed by atoms with E-state index in [1.165, 1.54) is 34.8 Å². The van der Waals surface area contributed by atoms with E-state index >= 15 is 0 Å². The summed E-state index contributed by atoms with van der Waals surface area (Å²) in [6, 6.07) is 12.1. The van der Waals surface area contributed by atoms with E-state index in [4.69, 9.17) is 11.6 Å². The monoisotopic (exact) mass is 379 g/mol. The van der Waals surface area contributed by atoms with Gasteiger partial charge in [0.15, 0.2) is 0 Å². The highest BCUT2D eigenvalue weighted by molar-refractivity contribution is 7.89. The van der Waals surface area contributed by atoms with Crippen molar-refractivity contribution in [3.05, 3.63) is 84.3 Å². The quantitative estimate of drug-likeness (QED) is 0.639. The van der Waals surface area contributed by atoms with E-state index in [-0.39, 0.29) is 22.3 Å². The predicted octanol–water partition coefficient (Wildman–Crippen LogP) is 4.94. The van der Waals surface area contributed by atoms with Crippen LogP contribution < -0.4 is 0 Å². The summed E-state index contributed by atoms with van der Waals surface area (Å²) in [4.78, 5) is 0.182. The smallest absolute Gasteiger partial charge is 0.263 e. The minimum Gasteiger partial charge on any atom is -0.272 e. The van der Waals surface area contributed by atoms with Gasteiger partial charge in [-0.25, -0.2) is 12.8 Å². The topological polar surface area (TPSA) is 37.4 Å². The summed E-state index contributed by atoms with van der Waals surface area (Å²) in [6.07, 6.45) is 3.46. The number of halogens is 2. The molecule has 0 radical (unpaired) electrons. The molecule has 0 heterocycles. The molecule has 0 aliphatic rings. The van der Waals surface area contributed by atoms with Crippen molar-refractivity contribution in [2.45, 2.75) is 18.2 Å². The van der Waals surface area contributed by atoms with E-state index < -0.39 is 10.0 Å². The maximum Gasteiger partial charge on any atom is 0.263 e. The molecule has 0 aliphatic heterocycles. The number of sulfonamides is 1. The SMILES string of the molecule is C=CCCN(/C=C(\Cl)c1ccc(F)cc1)S(=O)(=O)c1ccc(C)cc1. The lowest BCUT2D eigenvalue weighted by Crippen LogP contribution is -2.27. The van der Waals surface area contributed by atoms with Gasteiger partial charge in [0.05, 0.1) is 9.93 Å². The van der Waals surface area contributed by atoms with Crippen LogP contribution in [0.4, 0.5) is 4.39 Å². The van der Waals surface area contributed by atoms with Gasteiger partial charge in [-0.3, -0.25) is 4.31 Å². The molecule has 132 valence electrons. The van der Waals surface area contributed by atoms with Crippen molar-refractivity contribution in [2.24, 2.45) is 0 Å². The highest BCUT2D eigenvalue weighted by atomic mass is 35.5. The first-order chi connectivity index (χ1) is 11.8. The zero-order valence-electron chi connectivity index (χ0n) is 13.8. The van der Waals surface area contributed by atoms with Crippen LogP contribution in [0.25, 0.3) is 5.03 Å². The summed E-state index contributed by atoms with van der Waals surface area (Å²) >= 11 is 6.26. The molecule has 0 aliphatic carbocycles. The maximum atomic E-state index is 13.0. The molecule has 2 aromatic rings. The van der Waals surface area contributed by atoms with Crippen LogP contribution in [0.2, 0.25) is 0 Å². The first-order valence-corrected chi connectivity index (χ1v) is 9.49. The Balaban J connectivity index is 2.40. The molecule has 0 unspecified atom stereocenters. The van der Waals surface area contributed by atoms with Gasteiger partial charge in [0.2, 0.25) is 0 Å². The Morgan fingerprint density at radius 2 is 1.76 bits per heavy atom.